The lowest BCUT2D eigenvalue weighted by atomic mass is 9.94. The molecule has 0 aliphatic carbocycles. The summed E-state index contributed by atoms with van der Waals surface area (Å²) in [6, 6.07) is 10.1. The predicted molar refractivity (Wildman–Crippen MR) is 198 cm³/mol. The molecule has 2 aromatic carbocycles. The smallest absolute Gasteiger partial charge is 0.251 e. The van der Waals surface area contributed by atoms with Gasteiger partial charge in [-0.25, -0.2) is 0 Å². The lowest BCUT2D eigenvalue weighted by Gasteiger charge is -2.48. The highest BCUT2D eigenvalue weighted by Crippen LogP contribution is 2.31. The second-order valence-electron chi connectivity index (χ2n) is 14.8. The summed E-state index contributed by atoms with van der Waals surface area (Å²) in [5.74, 6) is -1.14. The van der Waals surface area contributed by atoms with Crippen LogP contribution >= 0.6 is 0 Å². The summed E-state index contributed by atoms with van der Waals surface area (Å²) in [4.78, 5) is 25.7. The van der Waals surface area contributed by atoms with Gasteiger partial charge in [-0.1, -0.05) is 69.4 Å². The fraction of sp³-hybridized carbons (Fsp3) is 0.692. The average molecular weight is 795 g/mol. The molecule has 9 N–H and O–H groups in total. The molecule has 17 heteroatoms. The van der Waals surface area contributed by atoms with Gasteiger partial charge in [-0.15, -0.1) is 0 Å². The topological polar surface area (TPSA) is 255 Å². The van der Waals surface area contributed by atoms with Crippen molar-refractivity contribution < 1.29 is 73.8 Å². The van der Waals surface area contributed by atoms with Crippen LogP contribution in [0.1, 0.15) is 69.7 Å². The number of carbonyl (C=O) groups excluding carboxylic acids is 2. The Bertz CT molecular complexity index is 1550. The summed E-state index contributed by atoms with van der Waals surface area (Å²) in [6.45, 7) is 3.92. The standard InChI is InChI=1S/C39H58N2O15/c1-4-5-6-7-8-11-16-51-38-34(49)33(48)30(45)26(55-38)19-52-39-35(56-37-28(40-21(3)43)31(46)29(44)25(18-42)54-37)32(47)27(20(2)53-39)41-36(50)24-15-14-22-12-9-10-13-23(22)17-24/h9-10,12-15,17,20,25-35,37-39,42,44-49H,4-8,11,16,18-19H2,1-3H3,(H,40,43)(H,41,50)/t20-,25+,26+,27-,28+,29+,30+,31+,32+,33-,34+,35+,37-,38+,39+/m0/s1. The van der Waals surface area contributed by atoms with Crippen LogP contribution in [0.15, 0.2) is 42.5 Å². The number of hydrogen-bond donors (Lipinski definition) is 9. The van der Waals surface area contributed by atoms with Crippen LogP contribution in [-0.4, -0.2) is 159 Å². The van der Waals surface area contributed by atoms with Gasteiger partial charge in [0.1, 0.15) is 61.0 Å². The maximum Gasteiger partial charge on any atom is 0.251 e. The number of benzene rings is 2. The molecule has 3 saturated heterocycles. The van der Waals surface area contributed by atoms with E-state index in [0.717, 1.165) is 42.9 Å². The number of unbranched alkanes of at least 4 members (excludes halogenated alkanes) is 5. The van der Waals surface area contributed by atoms with Crippen molar-refractivity contribution in [2.75, 3.05) is 19.8 Å². The van der Waals surface area contributed by atoms with Crippen molar-refractivity contribution in [3.05, 3.63) is 48.0 Å². The van der Waals surface area contributed by atoms with E-state index in [1.807, 2.05) is 24.3 Å². The molecule has 56 heavy (non-hydrogen) atoms. The monoisotopic (exact) mass is 794 g/mol. The number of rotatable bonds is 17. The van der Waals surface area contributed by atoms with E-state index in [1.165, 1.54) is 6.92 Å². The quantitative estimate of drug-likeness (QED) is 0.0922. The Balaban J connectivity index is 1.33. The Morgan fingerprint density at radius 2 is 1.38 bits per heavy atom. The molecule has 0 aromatic heterocycles. The van der Waals surface area contributed by atoms with Crippen LogP contribution in [0.2, 0.25) is 0 Å². The molecule has 3 aliphatic rings. The number of hydrogen-bond acceptors (Lipinski definition) is 15. The SMILES string of the molecule is CCCCCCCCO[C@@H]1O[C@H](CO[C@@H]2O[C@@H](C)[C@H](NC(=O)c3ccc4ccccc4c3)[C@@H](O)[C@H]2O[C@@H]2O[C@H](CO)[C@@H](O)[C@H](O)[C@H]2NC(C)=O)[C@@H](O)[C@H](O)[C@H]1O. The van der Waals surface area contributed by atoms with E-state index < -0.39 is 117 Å². The summed E-state index contributed by atoms with van der Waals surface area (Å²) in [5.41, 5.74) is 0.306. The highest BCUT2D eigenvalue weighted by molar-refractivity contribution is 5.98. The molecule has 3 heterocycles. The van der Waals surface area contributed by atoms with Crippen molar-refractivity contribution in [1.82, 2.24) is 10.6 Å². The molecule has 3 fully saturated rings. The molecule has 2 aromatic rings. The van der Waals surface area contributed by atoms with Crippen molar-refractivity contribution in [2.45, 2.75) is 151 Å². The maximum absolute atomic E-state index is 13.6. The van der Waals surface area contributed by atoms with Gasteiger partial charge >= 0.3 is 0 Å². The number of fused-ring (bicyclic) bond motifs is 1. The minimum Gasteiger partial charge on any atom is -0.394 e. The number of aliphatic hydroxyl groups is 7. The molecular weight excluding hydrogens is 736 g/mol. The zero-order chi connectivity index (χ0) is 40.5. The first-order valence-corrected chi connectivity index (χ1v) is 19.5. The van der Waals surface area contributed by atoms with Crippen molar-refractivity contribution in [3.8, 4) is 0 Å². The number of aliphatic hydroxyl groups excluding tert-OH is 7. The summed E-state index contributed by atoms with van der Waals surface area (Å²) in [7, 11) is 0. The molecule has 5 rings (SSSR count). The van der Waals surface area contributed by atoms with E-state index in [-0.39, 0.29) is 6.61 Å². The van der Waals surface area contributed by atoms with Crippen LogP contribution in [0.3, 0.4) is 0 Å². The third-order valence-corrected chi connectivity index (χ3v) is 10.6. The maximum atomic E-state index is 13.6. The minimum atomic E-state index is -1.68. The van der Waals surface area contributed by atoms with Crippen molar-refractivity contribution in [3.63, 3.8) is 0 Å². The van der Waals surface area contributed by atoms with Crippen LogP contribution < -0.4 is 10.6 Å². The Kier molecular flexibility index (Phi) is 16.3. The first-order valence-electron chi connectivity index (χ1n) is 19.5. The first-order chi connectivity index (χ1) is 26.8. The first kappa shape index (κ1) is 44.2. The van der Waals surface area contributed by atoms with Gasteiger partial charge in [0.2, 0.25) is 5.91 Å². The Labute approximate surface area is 325 Å². The molecule has 314 valence electrons. The molecule has 0 bridgehead atoms. The third-order valence-electron chi connectivity index (χ3n) is 10.6. The molecule has 17 nitrogen and oxygen atoms in total. The average Bonchev–Trinajstić information content (AvgIpc) is 3.18. The number of carbonyl (C=O) groups is 2. The van der Waals surface area contributed by atoms with Gasteiger partial charge in [0, 0.05) is 19.1 Å². The van der Waals surface area contributed by atoms with Crippen LogP contribution in [0, 0.1) is 0 Å². The van der Waals surface area contributed by atoms with Crippen LogP contribution in [-0.2, 0) is 33.2 Å². The number of amides is 2. The second kappa shape index (κ2) is 20.7. The highest BCUT2D eigenvalue weighted by atomic mass is 16.8. The fourth-order valence-corrected chi connectivity index (χ4v) is 7.27. The summed E-state index contributed by atoms with van der Waals surface area (Å²) in [5, 5.41) is 82.4. The summed E-state index contributed by atoms with van der Waals surface area (Å²) < 4.78 is 35.7. The zero-order valence-corrected chi connectivity index (χ0v) is 32.0. The molecule has 0 radical (unpaired) electrons. The van der Waals surface area contributed by atoms with E-state index in [4.69, 9.17) is 28.4 Å². The Morgan fingerprint density at radius 3 is 2.09 bits per heavy atom. The van der Waals surface area contributed by atoms with Gasteiger partial charge in [-0.05, 0) is 36.2 Å². The molecular formula is C39H58N2O15. The summed E-state index contributed by atoms with van der Waals surface area (Å²) >= 11 is 0. The van der Waals surface area contributed by atoms with E-state index in [9.17, 15) is 45.3 Å². The van der Waals surface area contributed by atoms with E-state index in [2.05, 4.69) is 17.6 Å². The van der Waals surface area contributed by atoms with Crippen LogP contribution in [0.5, 0.6) is 0 Å². The lowest BCUT2D eigenvalue weighted by Crippen LogP contribution is -2.69. The van der Waals surface area contributed by atoms with E-state index in [1.54, 1.807) is 25.1 Å². The lowest BCUT2D eigenvalue weighted by molar-refractivity contribution is -0.351. The van der Waals surface area contributed by atoms with Gasteiger partial charge in [-0.2, -0.15) is 0 Å². The molecule has 0 unspecified atom stereocenters. The zero-order valence-electron chi connectivity index (χ0n) is 32.0. The van der Waals surface area contributed by atoms with Crippen molar-refractivity contribution >= 4 is 22.6 Å². The largest absolute Gasteiger partial charge is 0.394 e. The molecule has 0 saturated carbocycles. The van der Waals surface area contributed by atoms with Gasteiger partial charge in [0.15, 0.2) is 18.9 Å². The molecule has 0 spiro atoms. The Hall–Kier alpha value is -2.88. The van der Waals surface area contributed by atoms with Crippen LogP contribution in [0.25, 0.3) is 10.8 Å². The van der Waals surface area contributed by atoms with Gasteiger partial charge in [0.05, 0.1) is 25.4 Å². The van der Waals surface area contributed by atoms with Crippen LogP contribution in [0.4, 0.5) is 0 Å². The highest BCUT2D eigenvalue weighted by Gasteiger charge is 2.52. The molecule has 2 amide bonds. The molecule has 15 atom stereocenters. The molecule has 3 aliphatic heterocycles. The van der Waals surface area contributed by atoms with Gasteiger partial charge < -0.3 is 74.8 Å². The third kappa shape index (κ3) is 10.8. The number of nitrogens with one attached hydrogen (secondary N) is 2. The van der Waals surface area contributed by atoms with Gasteiger partial charge in [0.25, 0.3) is 5.91 Å². The van der Waals surface area contributed by atoms with Gasteiger partial charge in [-0.3, -0.25) is 9.59 Å². The minimum absolute atomic E-state index is 0.244. The fourth-order valence-electron chi connectivity index (χ4n) is 7.27. The normalized spacial score (nSPS) is 36.3. The second-order valence-corrected chi connectivity index (χ2v) is 14.8. The van der Waals surface area contributed by atoms with Crippen molar-refractivity contribution in [1.29, 1.82) is 0 Å². The predicted octanol–water partition coefficient (Wildman–Crippen LogP) is -0.426. The van der Waals surface area contributed by atoms with Crippen molar-refractivity contribution in [2.24, 2.45) is 0 Å². The number of ether oxygens (including phenoxy) is 6. The summed E-state index contributed by atoms with van der Waals surface area (Å²) in [6.07, 6.45) is -13.2. The Morgan fingerprint density at radius 1 is 0.696 bits per heavy atom. The van der Waals surface area contributed by atoms with E-state index >= 15 is 0 Å². The van der Waals surface area contributed by atoms with E-state index in [0.29, 0.717) is 12.0 Å².